The van der Waals surface area contributed by atoms with Crippen molar-refractivity contribution in [2.45, 2.75) is 32.4 Å². The Morgan fingerprint density at radius 1 is 1.55 bits per heavy atom. The molecule has 0 radical (unpaired) electrons. The maximum atomic E-state index is 13.8. The molecule has 1 aromatic rings. The van der Waals surface area contributed by atoms with Crippen LogP contribution in [-0.4, -0.2) is 29.9 Å². The molecule has 4 nitrogen and oxygen atoms in total. The first-order valence-electron chi connectivity index (χ1n) is 7.03. The van der Waals surface area contributed by atoms with Crippen molar-refractivity contribution in [2.24, 2.45) is 17.4 Å². The zero-order valence-electron chi connectivity index (χ0n) is 11.8. The van der Waals surface area contributed by atoms with Gasteiger partial charge in [0, 0.05) is 30.3 Å². The Morgan fingerprint density at radius 2 is 2.30 bits per heavy atom. The predicted molar refractivity (Wildman–Crippen MR) is 76.6 cm³/mol. The van der Waals surface area contributed by atoms with Gasteiger partial charge in [-0.25, -0.2) is 4.39 Å². The Morgan fingerprint density at radius 3 is 2.95 bits per heavy atom. The number of hydrogen-bond acceptors (Lipinski definition) is 3. The van der Waals surface area contributed by atoms with Gasteiger partial charge in [0.15, 0.2) is 0 Å². The molecule has 5 heteroatoms. The molecule has 1 aliphatic rings. The molecule has 1 heterocycles. The fraction of sp³-hybridized carbons (Fsp3) is 0.533. The molecule has 0 saturated carbocycles. The van der Waals surface area contributed by atoms with E-state index in [1.54, 1.807) is 6.07 Å². The summed E-state index contributed by atoms with van der Waals surface area (Å²) in [5.41, 5.74) is 12.1. The highest BCUT2D eigenvalue weighted by Gasteiger charge is 2.23. The Hall–Kier alpha value is -1.46. The summed E-state index contributed by atoms with van der Waals surface area (Å²) < 4.78 is 13.8. The zero-order valence-corrected chi connectivity index (χ0v) is 11.8. The molecule has 1 aliphatic heterocycles. The van der Waals surface area contributed by atoms with Crippen LogP contribution >= 0.6 is 0 Å². The van der Waals surface area contributed by atoms with E-state index in [1.807, 2.05) is 6.92 Å². The quantitative estimate of drug-likeness (QED) is 0.877. The summed E-state index contributed by atoms with van der Waals surface area (Å²) in [5.74, 6) is -0.373. The largest absolute Gasteiger partial charge is 0.366 e. The van der Waals surface area contributed by atoms with Gasteiger partial charge in [-0.15, -0.1) is 0 Å². The van der Waals surface area contributed by atoms with E-state index < -0.39 is 5.91 Å². The van der Waals surface area contributed by atoms with E-state index >= 15 is 0 Å². The SMILES string of the molecule is CC(N)C1CCCN(Cc2cc(C(N)=O)ccc2F)C1. The summed E-state index contributed by atoms with van der Waals surface area (Å²) in [6.07, 6.45) is 2.20. The third kappa shape index (κ3) is 3.55. The molecule has 4 N–H and O–H groups in total. The second-order valence-electron chi connectivity index (χ2n) is 5.67. The van der Waals surface area contributed by atoms with Crippen LogP contribution in [0.3, 0.4) is 0 Å². The van der Waals surface area contributed by atoms with Gasteiger partial charge in [-0.1, -0.05) is 0 Å². The Balaban J connectivity index is 2.09. The number of likely N-dealkylation sites (tertiary alicyclic amines) is 1. The van der Waals surface area contributed by atoms with Crippen LogP contribution in [0.5, 0.6) is 0 Å². The maximum absolute atomic E-state index is 13.8. The third-order valence-corrected chi connectivity index (χ3v) is 4.01. The van der Waals surface area contributed by atoms with Gasteiger partial charge in [-0.2, -0.15) is 0 Å². The molecule has 1 aromatic carbocycles. The third-order valence-electron chi connectivity index (χ3n) is 4.01. The summed E-state index contributed by atoms with van der Waals surface area (Å²) >= 11 is 0. The van der Waals surface area contributed by atoms with Gasteiger partial charge in [0.25, 0.3) is 0 Å². The Kier molecular flexibility index (Phi) is 4.73. The van der Waals surface area contributed by atoms with Gasteiger partial charge in [-0.05, 0) is 50.4 Å². The van der Waals surface area contributed by atoms with Crippen LogP contribution in [0.1, 0.15) is 35.7 Å². The maximum Gasteiger partial charge on any atom is 0.248 e. The summed E-state index contributed by atoms with van der Waals surface area (Å²) in [5, 5.41) is 0. The molecular formula is C15H22FN3O. The molecular weight excluding hydrogens is 257 g/mol. The van der Waals surface area contributed by atoms with Crippen molar-refractivity contribution in [2.75, 3.05) is 13.1 Å². The molecule has 0 aliphatic carbocycles. The number of hydrogen-bond donors (Lipinski definition) is 2. The number of carbonyl (C=O) groups excluding carboxylic acids is 1. The highest BCUT2D eigenvalue weighted by molar-refractivity contribution is 5.92. The molecule has 2 atom stereocenters. The number of nitrogens with zero attached hydrogens (tertiary/aromatic N) is 1. The number of carbonyl (C=O) groups is 1. The van der Waals surface area contributed by atoms with E-state index in [2.05, 4.69) is 4.90 Å². The van der Waals surface area contributed by atoms with Gasteiger partial charge >= 0.3 is 0 Å². The van der Waals surface area contributed by atoms with Crippen LogP contribution < -0.4 is 11.5 Å². The monoisotopic (exact) mass is 279 g/mol. The highest BCUT2D eigenvalue weighted by Crippen LogP contribution is 2.21. The highest BCUT2D eigenvalue weighted by atomic mass is 19.1. The minimum Gasteiger partial charge on any atom is -0.366 e. The molecule has 1 saturated heterocycles. The number of rotatable bonds is 4. The van der Waals surface area contributed by atoms with E-state index in [1.165, 1.54) is 12.1 Å². The van der Waals surface area contributed by atoms with Gasteiger partial charge in [-0.3, -0.25) is 9.69 Å². The number of piperidine rings is 1. The van der Waals surface area contributed by atoms with Gasteiger partial charge < -0.3 is 11.5 Å². The minimum absolute atomic E-state index is 0.152. The standard InChI is InChI=1S/C15H22FN3O/c1-10(17)12-3-2-6-19(8-12)9-13-7-11(15(18)20)4-5-14(13)16/h4-5,7,10,12H,2-3,6,8-9,17H2,1H3,(H2,18,20). The Bertz CT molecular complexity index is 490. The first-order chi connectivity index (χ1) is 9.47. The van der Waals surface area contributed by atoms with Crippen molar-refractivity contribution in [3.05, 3.63) is 35.1 Å². The molecule has 1 amide bonds. The second kappa shape index (κ2) is 6.33. The van der Waals surface area contributed by atoms with Crippen molar-refractivity contribution in [1.29, 1.82) is 0 Å². The molecule has 0 spiro atoms. The predicted octanol–water partition coefficient (Wildman–Crippen LogP) is 1.48. The Labute approximate surface area is 118 Å². The van der Waals surface area contributed by atoms with Crippen LogP contribution in [0.25, 0.3) is 0 Å². The lowest BCUT2D eigenvalue weighted by Gasteiger charge is -2.34. The number of benzene rings is 1. The van der Waals surface area contributed by atoms with Crippen LogP contribution in [0.4, 0.5) is 4.39 Å². The lowest BCUT2D eigenvalue weighted by atomic mass is 9.92. The molecule has 0 bridgehead atoms. The van der Waals surface area contributed by atoms with Crippen molar-refractivity contribution in [1.82, 2.24) is 4.90 Å². The molecule has 2 unspecified atom stereocenters. The zero-order chi connectivity index (χ0) is 14.7. The lowest BCUT2D eigenvalue weighted by molar-refractivity contribution is 0.1000. The molecule has 20 heavy (non-hydrogen) atoms. The van der Waals surface area contributed by atoms with Crippen LogP contribution in [-0.2, 0) is 6.54 Å². The second-order valence-corrected chi connectivity index (χ2v) is 5.67. The minimum atomic E-state index is -0.529. The summed E-state index contributed by atoms with van der Waals surface area (Å²) in [6.45, 7) is 4.32. The number of primary amides is 1. The average Bonchev–Trinajstić information content (AvgIpc) is 2.41. The van der Waals surface area contributed by atoms with E-state index in [-0.39, 0.29) is 11.9 Å². The lowest BCUT2D eigenvalue weighted by Crippen LogP contribution is -2.42. The van der Waals surface area contributed by atoms with Crippen molar-refractivity contribution < 1.29 is 9.18 Å². The number of nitrogens with two attached hydrogens (primary N) is 2. The fourth-order valence-corrected chi connectivity index (χ4v) is 2.75. The average molecular weight is 279 g/mol. The van der Waals surface area contributed by atoms with Crippen molar-refractivity contribution in [3.8, 4) is 0 Å². The first-order valence-corrected chi connectivity index (χ1v) is 7.03. The number of amides is 1. The van der Waals surface area contributed by atoms with Crippen molar-refractivity contribution in [3.63, 3.8) is 0 Å². The van der Waals surface area contributed by atoms with E-state index in [9.17, 15) is 9.18 Å². The molecule has 0 aromatic heterocycles. The summed E-state index contributed by atoms with van der Waals surface area (Å²) in [6, 6.07) is 4.43. The topological polar surface area (TPSA) is 72.3 Å². The normalized spacial score (nSPS) is 21.6. The van der Waals surface area contributed by atoms with Gasteiger partial charge in [0.05, 0.1) is 0 Å². The number of halogens is 1. The van der Waals surface area contributed by atoms with Crippen LogP contribution in [0.2, 0.25) is 0 Å². The smallest absolute Gasteiger partial charge is 0.248 e. The molecule has 110 valence electrons. The molecule has 1 fully saturated rings. The van der Waals surface area contributed by atoms with Crippen LogP contribution in [0, 0.1) is 11.7 Å². The first kappa shape index (κ1) is 14.9. The van der Waals surface area contributed by atoms with E-state index in [0.717, 1.165) is 25.9 Å². The van der Waals surface area contributed by atoms with Crippen LogP contribution in [0.15, 0.2) is 18.2 Å². The van der Waals surface area contributed by atoms with Crippen molar-refractivity contribution >= 4 is 5.91 Å². The van der Waals surface area contributed by atoms with E-state index in [4.69, 9.17) is 11.5 Å². The fourth-order valence-electron chi connectivity index (χ4n) is 2.75. The summed E-state index contributed by atoms with van der Waals surface area (Å²) in [4.78, 5) is 13.4. The van der Waals surface area contributed by atoms with E-state index in [0.29, 0.717) is 23.6 Å². The summed E-state index contributed by atoms with van der Waals surface area (Å²) in [7, 11) is 0. The van der Waals surface area contributed by atoms with Gasteiger partial charge in [0.1, 0.15) is 5.82 Å². The van der Waals surface area contributed by atoms with Gasteiger partial charge in [0.2, 0.25) is 5.91 Å². The molecule has 2 rings (SSSR count).